The number of aliphatic hydroxyl groups is 1. The second-order valence-corrected chi connectivity index (χ2v) is 3.82. The minimum Gasteiger partial charge on any atom is -0.381 e. The van der Waals surface area contributed by atoms with E-state index in [0.29, 0.717) is 18.6 Å². The van der Waals surface area contributed by atoms with Crippen molar-refractivity contribution < 1.29 is 9.84 Å². The van der Waals surface area contributed by atoms with Crippen molar-refractivity contribution >= 4 is 0 Å². The van der Waals surface area contributed by atoms with E-state index >= 15 is 0 Å². The van der Waals surface area contributed by atoms with E-state index in [2.05, 4.69) is 18.7 Å². The fraction of sp³-hybridized carbons (Fsp3) is 1.00. The second kappa shape index (κ2) is 4.21. The predicted molar refractivity (Wildman–Crippen MR) is 47.8 cm³/mol. The highest BCUT2D eigenvalue weighted by Crippen LogP contribution is 2.23. The van der Waals surface area contributed by atoms with E-state index in [1.807, 2.05) is 0 Å². The molecule has 3 heteroatoms. The zero-order chi connectivity index (χ0) is 9.14. The molecule has 0 aromatic rings. The van der Waals surface area contributed by atoms with Gasteiger partial charge < -0.3 is 9.84 Å². The first kappa shape index (κ1) is 9.96. The third-order valence-electron chi connectivity index (χ3n) is 2.53. The number of aliphatic hydroxyl groups excluding tert-OH is 1. The molecule has 0 aromatic carbocycles. The number of nitrogens with zero attached hydrogens (tertiary/aromatic N) is 1. The van der Waals surface area contributed by atoms with E-state index in [9.17, 15) is 5.11 Å². The monoisotopic (exact) mass is 173 g/mol. The number of likely N-dealkylation sites (tertiary alicyclic amines) is 1. The Morgan fingerprint density at radius 1 is 1.58 bits per heavy atom. The summed E-state index contributed by atoms with van der Waals surface area (Å²) in [6.07, 6.45) is 0.760. The number of hydrogen-bond acceptors (Lipinski definition) is 3. The van der Waals surface area contributed by atoms with Crippen LogP contribution >= 0.6 is 0 Å². The van der Waals surface area contributed by atoms with Crippen LogP contribution < -0.4 is 0 Å². The van der Waals surface area contributed by atoms with Crippen LogP contribution in [0.4, 0.5) is 0 Å². The minimum absolute atomic E-state index is 0.414. The molecule has 0 amide bonds. The molecule has 1 heterocycles. The van der Waals surface area contributed by atoms with Gasteiger partial charge in [0.05, 0.1) is 6.61 Å². The molecule has 0 aliphatic carbocycles. The first-order valence-corrected chi connectivity index (χ1v) is 4.58. The Morgan fingerprint density at radius 2 is 2.25 bits per heavy atom. The van der Waals surface area contributed by atoms with Crippen molar-refractivity contribution in [3.63, 3.8) is 0 Å². The average molecular weight is 173 g/mol. The normalized spacial score (nSPS) is 34.0. The van der Waals surface area contributed by atoms with E-state index in [4.69, 9.17) is 4.74 Å². The van der Waals surface area contributed by atoms with Crippen molar-refractivity contribution in [2.45, 2.75) is 32.5 Å². The summed E-state index contributed by atoms with van der Waals surface area (Å²) in [6.45, 7) is 5.78. The van der Waals surface area contributed by atoms with E-state index in [0.717, 1.165) is 6.54 Å². The van der Waals surface area contributed by atoms with Crippen LogP contribution in [0.25, 0.3) is 0 Å². The first-order chi connectivity index (χ1) is 5.65. The van der Waals surface area contributed by atoms with Crippen LogP contribution in [0.1, 0.15) is 20.3 Å². The maximum atomic E-state index is 9.64. The molecule has 3 unspecified atom stereocenters. The lowest BCUT2D eigenvalue weighted by Gasteiger charge is -2.26. The van der Waals surface area contributed by atoms with Crippen LogP contribution in [0.2, 0.25) is 0 Å². The lowest BCUT2D eigenvalue weighted by Crippen LogP contribution is -2.40. The molecule has 72 valence electrons. The fourth-order valence-electron chi connectivity index (χ4n) is 1.99. The van der Waals surface area contributed by atoms with Gasteiger partial charge in [0, 0.05) is 19.7 Å². The first-order valence-electron chi connectivity index (χ1n) is 4.58. The van der Waals surface area contributed by atoms with E-state index < -0.39 is 6.23 Å². The Kier molecular flexibility index (Phi) is 3.50. The van der Waals surface area contributed by atoms with Gasteiger partial charge in [-0.3, -0.25) is 4.90 Å². The van der Waals surface area contributed by atoms with Gasteiger partial charge in [-0.1, -0.05) is 6.92 Å². The van der Waals surface area contributed by atoms with Gasteiger partial charge in [-0.25, -0.2) is 0 Å². The summed E-state index contributed by atoms with van der Waals surface area (Å²) in [7, 11) is 1.62. The summed E-state index contributed by atoms with van der Waals surface area (Å²) in [4.78, 5) is 2.11. The quantitative estimate of drug-likeness (QED) is 0.681. The molecular weight excluding hydrogens is 154 g/mol. The molecule has 0 aromatic heterocycles. The smallest absolute Gasteiger partial charge is 0.131 e. The van der Waals surface area contributed by atoms with Crippen LogP contribution in [0, 0.1) is 5.92 Å². The third-order valence-corrected chi connectivity index (χ3v) is 2.53. The number of ether oxygens (including phenoxy) is 1. The topological polar surface area (TPSA) is 32.7 Å². The lowest BCUT2D eigenvalue weighted by atomic mass is 10.1. The van der Waals surface area contributed by atoms with Crippen LogP contribution in [0.5, 0.6) is 0 Å². The van der Waals surface area contributed by atoms with Crippen molar-refractivity contribution in [3.8, 4) is 0 Å². The zero-order valence-electron chi connectivity index (χ0n) is 8.16. The van der Waals surface area contributed by atoms with Crippen molar-refractivity contribution in [2.24, 2.45) is 5.92 Å². The Hall–Kier alpha value is -0.120. The Labute approximate surface area is 74.3 Å². The third kappa shape index (κ3) is 2.19. The molecule has 12 heavy (non-hydrogen) atoms. The van der Waals surface area contributed by atoms with Crippen LogP contribution in [0.3, 0.4) is 0 Å². The SMILES string of the molecule is COCC(O)N1CC(C)CC1C. The highest BCUT2D eigenvalue weighted by molar-refractivity contribution is 4.81. The lowest BCUT2D eigenvalue weighted by molar-refractivity contribution is -0.0512. The van der Waals surface area contributed by atoms with Gasteiger partial charge in [0.2, 0.25) is 0 Å². The number of hydrogen-bond donors (Lipinski definition) is 1. The highest BCUT2D eigenvalue weighted by atomic mass is 16.5. The molecule has 0 saturated carbocycles. The standard InChI is InChI=1S/C9H19NO2/c1-7-4-8(2)10(5-7)9(11)6-12-3/h7-9,11H,4-6H2,1-3H3. The molecule has 1 fully saturated rings. The number of methoxy groups -OCH3 is 1. The largest absolute Gasteiger partial charge is 0.381 e. The molecule has 3 nitrogen and oxygen atoms in total. The molecule has 1 saturated heterocycles. The Bertz CT molecular complexity index is 140. The van der Waals surface area contributed by atoms with Gasteiger partial charge in [-0.2, -0.15) is 0 Å². The summed E-state index contributed by atoms with van der Waals surface area (Å²) >= 11 is 0. The van der Waals surface area contributed by atoms with Crippen LogP contribution in [0.15, 0.2) is 0 Å². The molecule has 0 radical (unpaired) electrons. The van der Waals surface area contributed by atoms with Gasteiger partial charge in [0.1, 0.15) is 6.23 Å². The molecular formula is C9H19NO2. The van der Waals surface area contributed by atoms with Crippen molar-refractivity contribution in [1.29, 1.82) is 0 Å². The zero-order valence-corrected chi connectivity index (χ0v) is 8.16. The fourth-order valence-corrected chi connectivity index (χ4v) is 1.99. The van der Waals surface area contributed by atoms with E-state index in [-0.39, 0.29) is 0 Å². The van der Waals surface area contributed by atoms with E-state index in [1.165, 1.54) is 6.42 Å². The summed E-state index contributed by atoms with van der Waals surface area (Å²) in [5, 5.41) is 9.64. The maximum absolute atomic E-state index is 9.64. The van der Waals surface area contributed by atoms with Crippen molar-refractivity contribution in [3.05, 3.63) is 0 Å². The molecule has 3 atom stereocenters. The van der Waals surface area contributed by atoms with Crippen LogP contribution in [-0.2, 0) is 4.74 Å². The summed E-state index contributed by atoms with van der Waals surface area (Å²) in [6, 6.07) is 0.491. The van der Waals surface area contributed by atoms with Crippen molar-refractivity contribution in [1.82, 2.24) is 4.90 Å². The molecule has 1 rings (SSSR count). The van der Waals surface area contributed by atoms with Gasteiger partial charge in [-0.05, 0) is 19.3 Å². The summed E-state index contributed by atoms with van der Waals surface area (Å²) < 4.78 is 4.91. The summed E-state index contributed by atoms with van der Waals surface area (Å²) in [5.41, 5.74) is 0. The summed E-state index contributed by atoms with van der Waals surface area (Å²) in [5.74, 6) is 0.700. The minimum atomic E-state index is -0.421. The Balaban J connectivity index is 2.40. The van der Waals surface area contributed by atoms with Crippen LogP contribution in [-0.4, -0.2) is 42.5 Å². The van der Waals surface area contributed by atoms with Gasteiger partial charge in [0.15, 0.2) is 0 Å². The van der Waals surface area contributed by atoms with Crippen molar-refractivity contribution in [2.75, 3.05) is 20.3 Å². The average Bonchev–Trinajstić information content (AvgIpc) is 2.30. The molecule has 0 bridgehead atoms. The molecule has 1 aliphatic rings. The number of rotatable bonds is 3. The highest BCUT2D eigenvalue weighted by Gasteiger charge is 2.30. The second-order valence-electron chi connectivity index (χ2n) is 3.82. The van der Waals surface area contributed by atoms with Gasteiger partial charge in [-0.15, -0.1) is 0 Å². The van der Waals surface area contributed by atoms with Gasteiger partial charge >= 0.3 is 0 Å². The predicted octanol–water partition coefficient (Wildman–Crippen LogP) is 0.681. The molecule has 1 aliphatic heterocycles. The van der Waals surface area contributed by atoms with E-state index in [1.54, 1.807) is 7.11 Å². The maximum Gasteiger partial charge on any atom is 0.131 e. The Morgan fingerprint density at radius 3 is 2.67 bits per heavy atom. The van der Waals surface area contributed by atoms with Gasteiger partial charge in [0.25, 0.3) is 0 Å². The molecule has 0 spiro atoms. The molecule has 1 N–H and O–H groups in total.